The highest BCUT2D eigenvalue weighted by Crippen LogP contribution is 2.13. The number of hydrogen-bond donors (Lipinski definition) is 2. The molecular weight excluding hydrogens is 190 g/mol. The van der Waals surface area contributed by atoms with Gasteiger partial charge in [-0.3, -0.25) is 0 Å². The van der Waals surface area contributed by atoms with Gasteiger partial charge in [0, 0.05) is 6.04 Å². The lowest BCUT2D eigenvalue weighted by molar-refractivity contribution is 0.248. The summed E-state index contributed by atoms with van der Waals surface area (Å²) in [7, 11) is 1.86. The van der Waals surface area contributed by atoms with Crippen molar-refractivity contribution in [2.24, 2.45) is 0 Å². The second-order valence-electron chi connectivity index (χ2n) is 3.45. The van der Waals surface area contributed by atoms with E-state index in [1.165, 1.54) is 5.56 Å². The van der Waals surface area contributed by atoms with Crippen LogP contribution in [0, 0.1) is 0 Å². The van der Waals surface area contributed by atoms with Gasteiger partial charge in [-0.1, -0.05) is 12.1 Å². The van der Waals surface area contributed by atoms with Crippen LogP contribution in [0.2, 0.25) is 0 Å². The van der Waals surface area contributed by atoms with E-state index in [2.05, 4.69) is 5.32 Å². The molecule has 0 saturated carbocycles. The van der Waals surface area contributed by atoms with Crippen LogP contribution in [0.3, 0.4) is 0 Å². The van der Waals surface area contributed by atoms with Gasteiger partial charge in [-0.25, -0.2) is 0 Å². The van der Waals surface area contributed by atoms with Crippen molar-refractivity contribution >= 4 is 0 Å². The van der Waals surface area contributed by atoms with Gasteiger partial charge in [0.25, 0.3) is 0 Å². The number of nitrogens with one attached hydrogen (secondary N) is 1. The first kappa shape index (κ1) is 12.0. The Hall–Kier alpha value is -1.06. The summed E-state index contributed by atoms with van der Waals surface area (Å²) < 4.78 is 5.35. The molecule has 0 aromatic heterocycles. The molecule has 1 rings (SSSR count). The molecule has 2 N–H and O–H groups in total. The number of rotatable bonds is 6. The quantitative estimate of drug-likeness (QED) is 0.740. The standard InChI is InChI=1S/C12H19NO2/c1-3-15-12-6-4-10(5-7-12)8-11(9-14)13-2/h4-7,11,13-14H,3,8-9H2,1-2H3/t11-/m1/s1. The van der Waals surface area contributed by atoms with Crippen LogP contribution in [0.1, 0.15) is 12.5 Å². The van der Waals surface area contributed by atoms with Crippen LogP contribution in [-0.2, 0) is 6.42 Å². The van der Waals surface area contributed by atoms with Crippen molar-refractivity contribution in [3.8, 4) is 5.75 Å². The number of likely N-dealkylation sites (N-methyl/N-ethyl adjacent to an activating group) is 1. The zero-order chi connectivity index (χ0) is 11.1. The van der Waals surface area contributed by atoms with Gasteiger partial charge in [0.2, 0.25) is 0 Å². The second-order valence-corrected chi connectivity index (χ2v) is 3.45. The Morgan fingerprint density at radius 3 is 2.47 bits per heavy atom. The van der Waals surface area contributed by atoms with E-state index in [0.29, 0.717) is 6.61 Å². The minimum atomic E-state index is 0.128. The largest absolute Gasteiger partial charge is 0.494 e. The number of benzene rings is 1. The van der Waals surface area contributed by atoms with Gasteiger partial charge in [0.05, 0.1) is 13.2 Å². The molecule has 3 nitrogen and oxygen atoms in total. The molecule has 15 heavy (non-hydrogen) atoms. The highest BCUT2D eigenvalue weighted by molar-refractivity contribution is 5.27. The number of hydrogen-bond acceptors (Lipinski definition) is 3. The van der Waals surface area contributed by atoms with Crippen molar-refractivity contribution in [1.82, 2.24) is 5.32 Å². The highest BCUT2D eigenvalue weighted by atomic mass is 16.5. The summed E-state index contributed by atoms with van der Waals surface area (Å²) in [5.41, 5.74) is 1.20. The summed E-state index contributed by atoms with van der Waals surface area (Å²) >= 11 is 0. The Kier molecular flexibility index (Phi) is 5.15. The molecule has 0 saturated heterocycles. The van der Waals surface area contributed by atoms with Gasteiger partial charge >= 0.3 is 0 Å². The lowest BCUT2D eigenvalue weighted by atomic mass is 10.1. The Bertz CT molecular complexity index is 267. The summed E-state index contributed by atoms with van der Waals surface area (Å²) in [4.78, 5) is 0. The van der Waals surface area contributed by atoms with Gasteiger partial charge in [-0.2, -0.15) is 0 Å². The van der Waals surface area contributed by atoms with E-state index in [0.717, 1.165) is 12.2 Å². The molecule has 0 aliphatic heterocycles. The maximum absolute atomic E-state index is 9.04. The molecule has 0 aliphatic rings. The van der Waals surface area contributed by atoms with Crippen molar-refractivity contribution in [3.05, 3.63) is 29.8 Å². The van der Waals surface area contributed by atoms with Crippen molar-refractivity contribution in [3.63, 3.8) is 0 Å². The van der Waals surface area contributed by atoms with E-state index in [4.69, 9.17) is 9.84 Å². The molecule has 0 bridgehead atoms. The van der Waals surface area contributed by atoms with Gasteiger partial charge in [0.15, 0.2) is 0 Å². The summed E-state index contributed by atoms with van der Waals surface area (Å²) in [5, 5.41) is 12.1. The fourth-order valence-corrected chi connectivity index (χ4v) is 1.43. The molecule has 1 aromatic rings. The van der Waals surface area contributed by atoms with Crippen molar-refractivity contribution < 1.29 is 9.84 Å². The third-order valence-electron chi connectivity index (χ3n) is 2.35. The topological polar surface area (TPSA) is 41.5 Å². The fourth-order valence-electron chi connectivity index (χ4n) is 1.43. The molecular formula is C12H19NO2. The first-order valence-corrected chi connectivity index (χ1v) is 5.30. The van der Waals surface area contributed by atoms with Crippen LogP contribution >= 0.6 is 0 Å². The zero-order valence-corrected chi connectivity index (χ0v) is 9.36. The van der Waals surface area contributed by atoms with E-state index in [1.54, 1.807) is 0 Å². The summed E-state index contributed by atoms with van der Waals surface area (Å²) in [6, 6.07) is 8.12. The van der Waals surface area contributed by atoms with Crippen LogP contribution in [0.5, 0.6) is 5.75 Å². The SMILES string of the molecule is CCOc1ccc(C[C@H](CO)NC)cc1. The maximum atomic E-state index is 9.04. The van der Waals surface area contributed by atoms with Crippen LogP contribution in [0.15, 0.2) is 24.3 Å². The van der Waals surface area contributed by atoms with Gasteiger partial charge in [-0.15, -0.1) is 0 Å². The number of ether oxygens (including phenoxy) is 1. The third kappa shape index (κ3) is 3.90. The molecule has 0 unspecified atom stereocenters. The Morgan fingerprint density at radius 2 is 2.00 bits per heavy atom. The van der Waals surface area contributed by atoms with Crippen LogP contribution in [0.25, 0.3) is 0 Å². The maximum Gasteiger partial charge on any atom is 0.119 e. The number of aliphatic hydroxyl groups excluding tert-OH is 1. The van der Waals surface area contributed by atoms with Crippen molar-refractivity contribution in [2.45, 2.75) is 19.4 Å². The monoisotopic (exact) mass is 209 g/mol. The Balaban J connectivity index is 2.55. The minimum Gasteiger partial charge on any atom is -0.494 e. The molecule has 0 spiro atoms. The lowest BCUT2D eigenvalue weighted by Crippen LogP contribution is -2.31. The molecule has 0 fully saturated rings. The zero-order valence-electron chi connectivity index (χ0n) is 9.36. The van der Waals surface area contributed by atoms with Gasteiger partial charge < -0.3 is 15.2 Å². The molecule has 0 amide bonds. The predicted molar refractivity (Wildman–Crippen MR) is 61.2 cm³/mol. The van der Waals surface area contributed by atoms with Crippen LogP contribution in [-0.4, -0.2) is 31.4 Å². The molecule has 1 atom stereocenters. The summed E-state index contributed by atoms with van der Waals surface area (Å²) in [5.74, 6) is 0.895. The third-order valence-corrected chi connectivity index (χ3v) is 2.35. The molecule has 1 aromatic carbocycles. The van der Waals surface area contributed by atoms with Crippen molar-refractivity contribution in [1.29, 1.82) is 0 Å². The summed E-state index contributed by atoms with van der Waals surface area (Å²) in [6.07, 6.45) is 0.833. The molecule has 84 valence electrons. The average molecular weight is 209 g/mol. The van der Waals surface area contributed by atoms with Gasteiger partial charge in [0.1, 0.15) is 5.75 Å². The highest BCUT2D eigenvalue weighted by Gasteiger charge is 2.05. The number of aliphatic hydroxyl groups is 1. The average Bonchev–Trinajstić information content (AvgIpc) is 2.28. The van der Waals surface area contributed by atoms with Crippen molar-refractivity contribution in [2.75, 3.05) is 20.3 Å². The van der Waals surface area contributed by atoms with E-state index in [1.807, 2.05) is 38.2 Å². The second kappa shape index (κ2) is 6.43. The molecule has 0 radical (unpaired) electrons. The smallest absolute Gasteiger partial charge is 0.119 e. The fraction of sp³-hybridized carbons (Fsp3) is 0.500. The Morgan fingerprint density at radius 1 is 1.33 bits per heavy atom. The lowest BCUT2D eigenvalue weighted by Gasteiger charge is -2.13. The van der Waals surface area contributed by atoms with E-state index in [9.17, 15) is 0 Å². The van der Waals surface area contributed by atoms with E-state index >= 15 is 0 Å². The van der Waals surface area contributed by atoms with Gasteiger partial charge in [-0.05, 0) is 38.1 Å². The van der Waals surface area contributed by atoms with E-state index in [-0.39, 0.29) is 12.6 Å². The first-order chi connectivity index (χ1) is 7.30. The Labute approximate surface area is 91.1 Å². The molecule has 0 heterocycles. The first-order valence-electron chi connectivity index (χ1n) is 5.30. The minimum absolute atomic E-state index is 0.128. The molecule has 0 aliphatic carbocycles. The van der Waals surface area contributed by atoms with E-state index < -0.39 is 0 Å². The molecule has 3 heteroatoms. The normalized spacial score (nSPS) is 12.5. The van der Waals surface area contributed by atoms with Crippen LogP contribution < -0.4 is 10.1 Å². The summed E-state index contributed by atoms with van der Waals surface area (Å²) in [6.45, 7) is 2.82. The van der Waals surface area contributed by atoms with Crippen LogP contribution in [0.4, 0.5) is 0 Å². The predicted octanol–water partition coefficient (Wildman–Crippen LogP) is 1.21.